The monoisotopic (exact) mass is 306 g/mol. The summed E-state index contributed by atoms with van der Waals surface area (Å²) in [5, 5.41) is 1.18. The molecule has 1 aromatic rings. The van der Waals surface area contributed by atoms with Gasteiger partial charge in [-0.05, 0) is 35.6 Å². The maximum Gasteiger partial charge on any atom is 0.279 e. The minimum atomic E-state index is -0.184. The van der Waals surface area contributed by atoms with Crippen molar-refractivity contribution in [2.75, 3.05) is 14.2 Å². The van der Waals surface area contributed by atoms with Gasteiger partial charge in [0.25, 0.3) is 5.91 Å². The van der Waals surface area contributed by atoms with Crippen molar-refractivity contribution in [3.8, 4) is 0 Å². The number of carbonyl (C=O) groups is 1. The number of hydrogen-bond acceptors (Lipinski definition) is 3. The number of nitrogens with zero attached hydrogens (tertiary/aromatic N) is 2. The van der Waals surface area contributed by atoms with E-state index in [1.54, 1.807) is 26.2 Å². The van der Waals surface area contributed by atoms with E-state index in [1.807, 2.05) is 0 Å². The third-order valence-corrected chi connectivity index (χ3v) is 2.43. The number of halogens is 1. The van der Waals surface area contributed by atoms with Crippen LogP contribution in [0.25, 0.3) is 0 Å². The Hall–Kier alpha value is -0.690. The van der Waals surface area contributed by atoms with Gasteiger partial charge in [-0.25, -0.2) is 5.06 Å². The molecule has 0 aliphatic carbocycles. The van der Waals surface area contributed by atoms with E-state index < -0.39 is 0 Å². The van der Waals surface area contributed by atoms with Crippen molar-refractivity contribution < 1.29 is 9.63 Å². The number of carbonyl (C=O) groups excluding carboxylic acids is 1. The minimum Gasteiger partial charge on any atom is -0.274 e. The highest BCUT2D eigenvalue weighted by Gasteiger charge is 2.14. The standard InChI is InChI=1S/C9H11IN2O2/c1-6-8(4-7(10)5-11-6)9(13)12(2)14-3/h4-5H,1-3H3. The van der Waals surface area contributed by atoms with Gasteiger partial charge < -0.3 is 0 Å². The summed E-state index contributed by atoms with van der Waals surface area (Å²) in [6, 6.07) is 1.79. The maximum atomic E-state index is 11.7. The SMILES string of the molecule is CON(C)C(=O)c1cc(I)cnc1C. The van der Waals surface area contributed by atoms with Crippen LogP contribution in [0.4, 0.5) is 0 Å². The molecule has 0 saturated carbocycles. The molecule has 14 heavy (non-hydrogen) atoms. The lowest BCUT2D eigenvalue weighted by Gasteiger charge is -2.14. The van der Waals surface area contributed by atoms with E-state index in [0.717, 1.165) is 3.57 Å². The molecule has 0 unspecified atom stereocenters. The highest BCUT2D eigenvalue weighted by Crippen LogP contribution is 2.12. The van der Waals surface area contributed by atoms with E-state index in [0.29, 0.717) is 11.3 Å². The van der Waals surface area contributed by atoms with Crippen molar-refractivity contribution >= 4 is 28.5 Å². The second kappa shape index (κ2) is 4.70. The summed E-state index contributed by atoms with van der Waals surface area (Å²) < 4.78 is 0.932. The second-order valence-corrected chi connectivity index (χ2v) is 4.02. The quantitative estimate of drug-likeness (QED) is 0.616. The molecule has 0 fully saturated rings. The van der Waals surface area contributed by atoms with Gasteiger partial charge in [0.1, 0.15) is 0 Å². The Kier molecular flexibility index (Phi) is 3.82. The van der Waals surface area contributed by atoms with Crippen LogP contribution in [-0.2, 0) is 4.84 Å². The molecule has 1 aromatic heterocycles. The molecule has 0 saturated heterocycles. The Balaban J connectivity index is 3.06. The summed E-state index contributed by atoms with van der Waals surface area (Å²) in [5.74, 6) is -0.184. The molecular formula is C9H11IN2O2. The van der Waals surface area contributed by atoms with Crippen LogP contribution in [0.5, 0.6) is 0 Å². The molecule has 0 aromatic carbocycles. The van der Waals surface area contributed by atoms with Crippen LogP contribution in [0.2, 0.25) is 0 Å². The number of amides is 1. The van der Waals surface area contributed by atoms with Crippen LogP contribution in [0.1, 0.15) is 16.1 Å². The first kappa shape index (κ1) is 11.4. The van der Waals surface area contributed by atoms with E-state index in [9.17, 15) is 4.79 Å². The first-order chi connectivity index (χ1) is 6.56. The summed E-state index contributed by atoms with van der Waals surface area (Å²) >= 11 is 2.12. The fraction of sp³-hybridized carbons (Fsp3) is 0.333. The summed E-state index contributed by atoms with van der Waals surface area (Å²) in [5.41, 5.74) is 1.28. The zero-order valence-electron chi connectivity index (χ0n) is 8.24. The van der Waals surface area contributed by atoms with Crippen molar-refractivity contribution in [2.24, 2.45) is 0 Å². The highest BCUT2D eigenvalue weighted by molar-refractivity contribution is 14.1. The van der Waals surface area contributed by atoms with Gasteiger partial charge in [-0.2, -0.15) is 0 Å². The molecular weight excluding hydrogens is 295 g/mol. The van der Waals surface area contributed by atoms with Crippen LogP contribution in [0, 0.1) is 10.5 Å². The largest absolute Gasteiger partial charge is 0.279 e. The molecule has 0 aliphatic rings. The van der Waals surface area contributed by atoms with Crippen LogP contribution < -0.4 is 0 Å². The van der Waals surface area contributed by atoms with Crippen LogP contribution >= 0.6 is 22.6 Å². The van der Waals surface area contributed by atoms with Crippen molar-refractivity contribution in [2.45, 2.75) is 6.92 Å². The van der Waals surface area contributed by atoms with E-state index >= 15 is 0 Å². The van der Waals surface area contributed by atoms with Gasteiger partial charge in [-0.3, -0.25) is 14.6 Å². The summed E-state index contributed by atoms with van der Waals surface area (Å²) in [7, 11) is 3.02. The molecule has 0 aliphatic heterocycles. The molecule has 1 rings (SSSR count). The zero-order chi connectivity index (χ0) is 10.7. The normalized spacial score (nSPS) is 10.0. The first-order valence-electron chi connectivity index (χ1n) is 4.00. The second-order valence-electron chi connectivity index (χ2n) is 2.77. The third-order valence-electron chi connectivity index (χ3n) is 1.84. The van der Waals surface area contributed by atoms with Crippen molar-refractivity contribution in [1.82, 2.24) is 10.0 Å². The summed E-state index contributed by atoms with van der Waals surface area (Å²) in [6.45, 7) is 1.80. The third kappa shape index (κ3) is 2.42. The first-order valence-corrected chi connectivity index (χ1v) is 5.08. The van der Waals surface area contributed by atoms with Crippen molar-refractivity contribution in [3.05, 3.63) is 27.1 Å². The van der Waals surface area contributed by atoms with E-state index in [1.165, 1.54) is 12.2 Å². The number of hydrogen-bond donors (Lipinski definition) is 0. The van der Waals surface area contributed by atoms with Gasteiger partial charge in [0, 0.05) is 16.8 Å². The summed E-state index contributed by atoms with van der Waals surface area (Å²) in [6.07, 6.45) is 1.72. The van der Waals surface area contributed by atoms with Gasteiger partial charge in [0.2, 0.25) is 0 Å². The Morgan fingerprint density at radius 2 is 2.29 bits per heavy atom. The fourth-order valence-corrected chi connectivity index (χ4v) is 1.43. The smallest absolute Gasteiger partial charge is 0.274 e. The predicted molar refractivity (Wildman–Crippen MR) is 60.8 cm³/mol. The van der Waals surface area contributed by atoms with Gasteiger partial charge in [-0.1, -0.05) is 0 Å². The Morgan fingerprint density at radius 1 is 1.64 bits per heavy atom. The lowest BCUT2D eigenvalue weighted by atomic mass is 10.2. The van der Waals surface area contributed by atoms with Crippen LogP contribution in [-0.4, -0.2) is 30.1 Å². The van der Waals surface area contributed by atoms with Crippen molar-refractivity contribution in [1.29, 1.82) is 0 Å². The van der Waals surface area contributed by atoms with Gasteiger partial charge in [0.05, 0.1) is 18.4 Å². The van der Waals surface area contributed by atoms with E-state index in [-0.39, 0.29) is 5.91 Å². The molecule has 5 heteroatoms. The highest BCUT2D eigenvalue weighted by atomic mass is 127. The molecule has 0 N–H and O–H groups in total. The molecule has 0 radical (unpaired) electrons. The molecule has 4 nitrogen and oxygen atoms in total. The van der Waals surface area contributed by atoms with Crippen LogP contribution in [0.3, 0.4) is 0 Å². The van der Waals surface area contributed by atoms with E-state index in [4.69, 9.17) is 4.84 Å². The predicted octanol–water partition coefficient (Wildman–Crippen LogP) is 1.63. The number of hydroxylamine groups is 2. The van der Waals surface area contributed by atoms with Gasteiger partial charge in [-0.15, -0.1) is 0 Å². The van der Waals surface area contributed by atoms with Gasteiger partial charge >= 0.3 is 0 Å². The molecule has 76 valence electrons. The lowest BCUT2D eigenvalue weighted by molar-refractivity contribution is -0.0757. The maximum absolute atomic E-state index is 11.7. The topological polar surface area (TPSA) is 42.4 Å². The number of aromatic nitrogens is 1. The molecule has 0 bridgehead atoms. The summed E-state index contributed by atoms with van der Waals surface area (Å²) in [4.78, 5) is 20.6. The number of aryl methyl sites for hydroxylation is 1. The fourth-order valence-electron chi connectivity index (χ4n) is 0.977. The Bertz CT molecular complexity index is 355. The average molecular weight is 306 g/mol. The zero-order valence-corrected chi connectivity index (χ0v) is 10.4. The van der Waals surface area contributed by atoms with Crippen LogP contribution in [0.15, 0.2) is 12.3 Å². The molecule has 1 amide bonds. The van der Waals surface area contributed by atoms with E-state index in [2.05, 4.69) is 27.6 Å². The number of rotatable bonds is 2. The average Bonchev–Trinajstić information content (AvgIpc) is 2.19. The molecule has 0 atom stereocenters. The van der Waals surface area contributed by atoms with Gasteiger partial charge in [0.15, 0.2) is 0 Å². The molecule has 0 spiro atoms. The van der Waals surface area contributed by atoms with Crippen molar-refractivity contribution in [3.63, 3.8) is 0 Å². The minimum absolute atomic E-state index is 0.184. The Labute approximate surface area is 96.4 Å². The Morgan fingerprint density at radius 3 is 2.86 bits per heavy atom. The number of pyridine rings is 1. The molecule has 1 heterocycles. The lowest BCUT2D eigenvalue weighted by Crippen LogP contribution is -2.26.